The summed E-state index contributed by atoms with van der Waals surface area (Å²) in [5, 5.41) is 11.3. The Labute approximate surface area is 133 Å². The summed E-state index contributed by atoms with van der Waals surface area (Å²) in [4.78, 5) is 36.9. The first kappa shape index (κ1) is 14.5. The molecule has 1 saturated heterocycles. The molecule has 0 saturated carbocycles. The summed E-state index contributed by atoms with van der Waals surface area (Å²) < 4.78 is 0.513. The van der Waals surface area contributed by atoms with E-state index in [0.29, 0.717) is 27.9 Å². The lowest BCUT2D eigenvalue weighted by atomic mass is 10.2. The van der Waals surface area contributed by atoms with Crippen LogP contribution in [0.15, 0.2) is 17.0 Å². The molecule has 0 radical (unpaired) electrons. The second-order valence-electron chi connectivity index (χ2n) is 4.92. The van der Waals surface area contributed by atoms with Gasteiger partial charge in [0.15, 0.2) is 5.65 Å². The Hall–Kier alpha value is -2.47. The van der Waals surface area contributed by atoms with E-state index in [-0.39, 0.29) is 11.9 Å². The van der Waals surface area contributed by atoms with Crippen LogP contribution in [0.2, 0.25) is 0 Å². The van der Waals surface area contributed by atoms with E-state index in [0.717, 1.165) is 0 Å². The van der Waals surface area contributed by atoms with Crippen LogP contribution in [0.1, 0.15) is 17.3 Å². The summed E-state index contributed by atoms with van der Waals surface area (Å²) >= 11 is 3.21. The summed E-state index contributed by atoms with van der Waals surface area (Å²) in [5.41, 5.74) is 1.22. The highest BCUT2D eigenvalue weighted by Gasteiger charge is 2.40. The molecule has 0 spiro atoms. The second kappa shape index (κ2) is 5.38. The zero-order valence-electron chi connectivity index (χ0n) is 11.5. The van der Waals surface area contributed by atoms with Gasteiger partial charge < -0.3 is 15.2 Å². The van der Waals surface area contributed by atoms with Gasteiger partial charge in [0.05, 0.1) is 24.4 Å². The molecule has 22 heavy (non-hydrogen) atoms. The van der Waals surface area contributed by atoms with Gasteiger partial charge in [0.2, 0.25) is 5.91 Å². The average Bonchev–Trinajstić information content (AvgIpc) is 3.17. The first-order valence-corrected chi connectivity index (χ1v) is 7.31. The van der Waals surface area contributed by atoms with Crippen LogP contribution in [0.5, 0.6) is 0 Å². The zero-order chi connectivity index (χ0) is 15.9. The molecule has 1 aliphatic rings. The largest absolute Gasteiger partial charge is 0.344 e. The monoisotopic (exact) mass is 362 g/mol. The van der Waals surface area contributed by atoms with Crippen molar-refractivity contribution in [2.45, 2.75) is 19.0 Å². The van der Waals surface area contributed by atoms with Crippen molar-refractivity contribution in [1.29, 1.82) is 5.26 Å². The van der Waals surface area contributed by atoms with E-state index < -0.39 is 11.9 Å². The highest BCUT2D eigenvalue weighted by atomic mass is 79.9. The van der Waals surface area contributed by atoms with Gasteiger partial charge in [0.25, 0.3) is 5.91 Å². The van der Waals surface area contributed by atoms with Crippen molar-refractivity contribution in [2.24, 2.45) is 0 Å². The van der Waals surface area contributed by atoms with E-state index in [1.54, 1.807) is 6.92 Å². The lowest BCUT2D eigenvalue weighted by Crippen LogP contribution is -2.41. The van der Waals surface area contributed by atoms with Crippen molar-refractivity contribution in [3.05, 3.63) is 22.6 Å². The first-order chi connectivity index (χ1) is 10.5. The lowest BCUT2D eigenvalue weighted by Gasteiger charge is -2.13. The molecular weight excluding hydrogens is 352 g/mol. The van der Waals surface area contributed by atoms with Crippen LogP contribution in [-0.4, -0.2) is 50.3 Å². The van der Waals surface area contributed by atoms with Gasteiger partial charge in [0.1, 0.15) is 22.2 Å². The summed E-state index contributed by atoms with van der Waals surface area (Å²) in [7, 11) is 0. The molecule has 2 aromatic heterocycles. The van der Waals surface area contributed by atoms with E-state index in [1.165, 1.54) is 17.3 Å². The molecule has 2 amide bonds. The average molecular weight is 363 g/mol. The highest BCUT2D eigenvalue weighted by molar-refractivity contribution is 9.10. The maximum absolute atomic E-state index is 12.3. The number of nitrogens with one attached hydrogen (secondary N) is 2. The van der Waals surface area contributed by atoms with Crippen LogP contribution >= 0.6 is 15.9 Å². The standard InChI is InChI=1S/C13H11BrN6O2/c1-6(13(22)20-5-7(20)2-15)18-12(21)8-3-16-11-10(8)19-9(14)4-17-11/h3-4,6-7H,5H2,1H3,(H,16,17)(H,18,21)/t6-,7?,20?/m0/s1. The number of carbonyl (C=O) groups excluding carboxylic acids is 2. The summed E-state index contributed by atoms with van der Waals surface area (Å²) in [5.74, 6) is -0.693. The third-order valence-electron chi connectivity index (χ3n) is 3.36. The smallest absolute Gasteiger partial charge is 0.255 e. The maximum atomic E-state index is 12.3. The highest BCUT2D eigenvalue weighted by Crippen LogP contribution is 2.19. The topological polar surface area (TPSA) is 115 Å². The quantitative estimate of drug-likeness (QED) is 0.774. The fourth-order valence-electron chi connectivity index (χ4n) is 2.12. The number of amides is 2. The Bertz CT molecular complexity index is 810. The van der Waals surface area contributed by atoms with Crippen molar-refractivity contribution >= 4 is 38.9 Å². The van der Waals surface area contributed by atoms with Crippen LogP contribution in [-0.2, 0) is 4.79 Å². The van der Waals surface area contributed by atoms with Gasteiger partial charge in [-0.2, -0.15) is 5.26 Å². The lowest BCUT2D eigenvalue weighted by molar-refractivity contribution is -0.127. The van der Waals surface area contributed by atoms with Crippen molar-refractivity contribution in [2.75, 3.05) is 6.54 Å². The van der Waals surface area contributed by atoms with Crippen LogP contribution in [0.3, 0.4) is 0 Å². The predicted octanol–water partition coefficient (Wildman–Crippen LogP) is 0.573. The summed E-state index contributed by atoms with van der Waals surface area (Å²) in [6, 6.07) is 0.914. The Kier molecular flexibility index (Phi) is 3.54. The minimum Gasteiger partial charge on any atom is -0.344 e. The molecule has 1 unspecified atom stereocenters. The number of nitrogens with zero attached hydrogens (tertiary/aromatic N) is 4. The third kappa shape index (κ3) is 2.53. The Morgan fingerprint density at radius 2 is 2.41 bits per heavy atom. The number of aromatic nitrogens is 3. The molecule has 1 fully saturated rings. The van der Waals surface area contributed by atoms with Crippen LogP contribution < -0.4 is 5.32 Å². The van der Waals surface area contributed by atoms with E-state index >= 15 is 0 Å². The molecule has 3 rings (SSSR count). The minimum atomic E-state index is -0.712. The molecule has 0 aromatic carbocycles. The van der Waals surface area contributed by atoms with E-state index in [9.17, 15) is 9.59 Å². The SMILES string of the molecule is C[C@H](NC(=O)c1c[nH]c2ncc(Br)nc12)C(=O)N1CC1C#N. The number of carbonyl (C=O) groups is 2. The number of rotatable bonds is 3. The molecule has 2 N–H and O–H groups in total. The molecule has 8 nitrogen and oxygen atoms in total. The van der Waals surface area contributed by atoms with E-state index in [2.05, 4.69) is 36.2 Å². The minimum absolute atomic E-state index is 0.271. The van der Waals surface area contributed by atoms with Gasteiger partial charge in [-0.1, -0.05) is 0 Å². The first-order valence-electron chi connectivity index (χ1n) is 6.52. The second-order valence-corrected chi connectivity index (χ2v) is 5.74. The normalized spacial score (nSPS) is 17.9. The Morgan fingerprint density at radius 1 is 1.64 bits per heavy atom. The van der Waals surface area contributed by atoms with Gasteiger partial charge in [-0.3, -0.25) is 9.59 Å². The summed E-state index contributed by atoms with van der Waals surface area (Å²) in [6.45, 7) is 2.00. The molecule has 3 heterocycles. The zero-order valence-corrected chi connectivity index (χ0v) is 13.1. The number of nitriles is 1. The third-order valence-corrected chi connectivity index (χ3v) is 3.74. The van der Waals surface area contributed by atoms with Gasteiger partial charge in [0, 0.05) is 6.20 Å². The Balaban J connectivity index is 1.75. The van der Waals surface area contributed by atoms with E-state index in [4.69, 9.17) is 5.26 Å². The maximum Gasteiger partial charge on any atom is 0.255 e. The molecule has 0 aliphatic carbocycles. The van der Waals surface area contributed by atoms with Crippen LogP contribution in [0, 0.1) is 11.3 Å². The van der Waals surface area contributed by atoms with Gasteiger partial charge in [-0.05, 0) is 22.9 Å². The van der Waals surface area contributed by atoms with Gasteiger partial charge in [-0.25, -0.2) is 9.97 Å². The number of aromatic amines is 1. The van der Waals surface area contributed by atoms with Gasteiger partial charge in [-0.15, -0.1) is 0 Å². The van der Waals surface area contributed by atoms with Crippen LogP contribution in [0.4, 0.5) is 0 Å². The Morgan fingerprint density at radius 3 is 3.09 bits per heavy atom. The molecule has 9 heteroatoms. The number of H-pyrrole nitrogens is 1. The fourth-order valence-corrected chi connectivity index (χ4v) is 2.40. The van der Waals surface area contributed by atoms with E-state index in [1.807, 2.05) is 6.07 Å². The number of hydrogen-bond donors (Lipinski definition) is 2. The molecule has 2 atom stereocenters. The van der Waals surface area contributed by atoms with Crippen LogP contribution in [0.25, 0.3) is 11.2 Å². The number of fused-ring (bicyclic) bond motifs is 1. The number of halogens is 1. The molecule has 0 bridgehead atoms. The van der Waals surface area contributed by atoms with Gasteiger partial charge >= 0.3 is 0 Å². The molecule has 1 aliphatic heterocycles. The number of hydrogen-bond acceptors (Lipinski definition) is 5. The van der Waals surface area contributed by atoms with Crippen molar-refractivity contribution in [3.63, 3.8) is 0 Å². The summed E-state index contributed by atoms with van der Waals surface area (Å²) in [6.07, 6.45) is 3.02. The molecule has 2 aromatic rings. The predicted molar refractivity (Wildman–Crippen MR) is 79.6 cm³/mol. The molecule has 112 valence electrons. The molecular formula is C13H11BrN6O2. The van der Waals surface area contributed by atoms with Crippen molar-refractivity contribution < 1.29 is 9.59 Å². The van der Waals surface area contributed by atoms with Crippen molar-refractivity contribution in [1.82, 2.24) is 25.2 Å². The van der Waals surface area contributed by atoms with Crippen molar-refractivity contribution in [3.8, 4) is 6.07 Å². The fraction of sp³-hybridized carbons (Fsp3) is 0.308.